The van der Waals surface area contributed by atoms with E-state index >= 15 is 0 Å². The molecule has 0 unspecified atom stereocenters. The first kappa shape index (κ1) is 17.3. The number of hydrogen-bond acceptors (Lipinski definition) is 5. The predicted molar refractivity (Wildman–Crippen MR) is 88.9 cm³/mol. The number of nitrogens with zero attached hydrogens (tertiary/aromatic N) is 3. The fraction of sp³-hybridized carbons (Fsp3) is 0.286. The number of halogens is 1. The van der Waals surface area contributed by atoms with Crippen LogP contribution in [0.25, 0.3) is 5.69 Å². The Labute approximate surface area is 142 Å². The van der Waals surface area contributed by atoms with Gasteiger partial charge in [-0.1, -0.05) is 36.4 Å². The van der Waals surface area contributed by atoms with Crippen LogP contribution in [-0.4, -0.2) is 39.0 Å². The normalized spacial score (nSPS) is 10.3. The molecule has 122 valence electrons. The van der Waals surface area contributed by atoms with E-state index < -0.39 is 11.9 Å². The molecule has 23 heavy (non-hydrogen) atoms. The van der Waals surface area contributed by atoms with E-state index in [0.717, 1.165) is 12.1 Å². The van der Waals surface area contributed by atoms with Gasteiger partial charge >= 0.3 is 6.03 Å². The summed E-state index contributed by atoms with van der Waals surface area (Å²) in [7, 11) is 0. The van der Waals surface area contributed by atoms with Crippen LogP contribution >= 0.6 is 23.4 Å². The van der Waals surface area contributed by atoms with Crippen molar-refractivity contribution in [2.24, 2.45) is 0 Å². The molecule has 2 N–H and O–H groups in total. The quantitative estimate of drug-likeness (QED) is 0.777. The van der Waals surface area contributed by atoms with Crippen molar-refractivity contribution in [2.45, 2.75) is 18.5 Å². The molecule has 0 saturated carbocycles. The van der Waals surface area contributed by atoms with Crippen molar-refractivity contribution >= 4 is 35.3 Å². The molecule has 0 atom stereocenters. The SMILES string of the molecule is CCCNC(=O)NC(=O)CSc1nncn1-c1cccc(Cl)c1. The highest BCUT2D eigenvalue weighted by Gasteiger charge is 2.12. The maximum Gasteiger partial charge on any atom is 0.321 e. The van der Waals surface area contributed by atoms with Crippen molar-refractivity contribution in [2.75, 3.05) is 12.3 Å². The summed E-state index contributed by atoms with van der Waals surface area (Å²) in [5, 5.41) is 13.8. The average molecular weight is 354 g/mol. The molecular formula is C14H16ClN5O2S. The second-order valence-electron chi connectivity index (χ2n) is 4.56. The van der Waals surface area contributed by atoms with Gasteiger partial charge in [0.1, 0.15) is 6.33 Å². The largest absolute Gasteiger partial charge is 0.338 e. The molecule has 2 rings (SSSR count). The Morgan fingerprint density at radius 1 is 1.39 bits per heavy atom. The molecule has 0 spiro atoms. The lowest BCUT2D eigenvalue weighted by atomic mass is 10.3. The third-order valence-corrected chi connectivity index (χ3v) is 3.90. The summed E-state index contributed by atoms with van der Waals surface area (Å²) in [6.45, 7) is 2.45. The highest BCUT2D eigenvalue weighted by molar-refractivity contribution is 7.99. The number of thioether (sulfide) groups is 1. The molecule has 0 fully saturated rings. The minimum Gasteiger partial charge on any atom is -0.338 e. The van der Waals surface area contributed by atoms with Crippen LogP contribution in [0.5, 0.6) is 0 Å². The van der Waals surface area contributed by atoms with Gasteiger partial charge in [0.25, 0.3) is 0 Å². The topological polar surface area (TPSA) is 88.9 Å². The van der Waals surface area contributed by atoms with Crippen LogP contribution in [0.3, 0.4) is 0 Å². The number of carbonyl (C=O) groups excluding carboxylic acids is 2. The molecule has 7 nitrogen and oxygen atoms in total. The summed E-state index contributed by atoms with van der Waals surface area (Å²) in [6, 6.07) is 6.72. The molecule has 0 aliphatic heterocycles. The molecular weight excluding hydrogens is 338 g/mol. The van der Waals surface area contributed by atoms with Crippen molar-refractivity contribution in [3.8, 4) is 5.69 Å². The number of rotatable bonds is 6. The van der Waals surface area contributed by atoms with Crippen molar-refractivity contribution in [3.05, 3.63) is 35.6 Å². The number of urea groups is 1. The van der Waals surface area contributed by atoms with Gasteiger partial charge in [-0.25, -0.2) is 4.79 Å². The summed E-state index contributed by atoms with van der Waals surface area (Å²) in [5.41, 5.74) is 0.797. The molecule has 9 heteroatoms. The van der Waals surface area contributed by atoms with E-state index in [1.807, 2.05) is 19.1 Å². The van der Waals surface area contributed by atoms with Crippen molar-refractivity contribution in [3.63, 3.8) is 0 Å². The third kappa shape index (κ3) is 5.26. The van der Waals surface area contributed by atoms with E-state index in [1.165, 1.54) is 11.8 Å². The first-order valence-corrected chi connectivity index (χ1v) is 8.33. The van der Waals surface area contributed by atoms with Crippen molar-refractivity contribution in [1.82, 2.24) is 25.4 Å². The first-order chi connectivity index (χ1) is 11.1. The lowest BCUT2D eigenvalue weighted by molar-refractivity contribution is -0.117. The number of aromatic nitrogens is 3. The average Bonchev–Trinajstić information content (AvgIpc) is 2.99. The van der Waals surface area contributed by atoms with Crippen LogP contribution < -0.4 is 10.6 Å². The highest BCUT2D eigenvalue weighted by atomic mass is 35.5. The van der Waals surface area contributed by atoms with Crippen LogP contribution in [0.15, 0.2) is 35.7 Å². The maximum atomic E-state index is 11.7. The fourth-order valence-corrected chi connectivity index (χ4v) is 2.61. The van der Waals surface area contributed by atoms with Crippen LogP contribution in [0.4, 0.5) is 4.79 Å². The van der Waals surface area contributed by atoms with Crippen LogP contribution in [0.1, 0.15) is 13.3 Å². The fourth-order valence-electron chi connectivity index (χ4n) is 1.70. The van der Waals surface area contributed by atoms with Gasteiger partial charge in [0, 0.05) is 11.6 Å². The van der Waals surface area contributed by atoms with E-state index in [4.69, 9.17) is 11.6 Å². The summed E-state index contributed by atoms with van der Waals surface area (Å²) in [6.07, 6.45) is 2.35. The molecule has 1 aromatic carbocycles. The minimum atomic E-state index is -0.492. The molecule has 1 heterocycles. The van der Waals surface area contributed by atoms with E-state index in [-0.39, 0.29) is 5.75 Å². The Balaban J connectivity index is 1.93. The number of carbonyl (C=O) groups is 2. The second-order valence-corrected chi connectivity index (χ2v) is 5.94. The van der Waals surface area contributed by atoms with Gasteiger partial charge in [-0.2, -0.15) is 0 Å². The monoisotopic (exact) mass is 353 g/mol. The number of benzene rings is 1. The van der Waals surface area contributed by atoms with Gasteiger partial charge in [0.2, 0.25) is 5.91 Å². The molecule has 0 bridgehead atoms. The summed E-state index contributed by atoms with van der Waals surface area (Å²) in [5.74, 6) is -0.344. The van der Waals surface area contributed by atoms with Crippen molar-refractivity contribution in [1.29, 1.82) is 0 Å². The number of imide groups is 1. The first-order valence-electron chi connectivity index (χ1n) is 6.96. The second kappa shape index (κ2) is 8.54. The maximum absolute atomic E-state index is 11.7. The summed E-state index contributed by atoms with van der Waals surface area (Å²) in [4.78, 5) is 23.1. The van der Waals surface area contributed by atoms with Gasteiger partial charge in [-0.05, 0) is 24.6 Å². The van der Waals surface area contributed by atoms with Gasteiger partial charge in [0.05, 0.1) is 11.4 Å². The van der Waals surface area contributed by atoms with E-state index in [2.05, 4.69) is 20.8 Å². The predicted octanol–water partition coefficient (Wildman–Crippen LogP) is 2.25. The molecule has 1 aromatic heterocycles. The summed E-state index contributed by atoms with van der Waals surface area (Å²) >= 11 is 7.15. The van der Waals surface area contributed by atoms with Crippen LogP contribution in [0.2, 0.25) is 5.02 Å². The number of nitrogens with one attached hydrogen (secondary N) is 2. The zero-order valence-corrected chi connectivity index (χ0v) is 14.0. The van der Waals surface area contributed by atoms with Crippen LogP contribution in [-0.2, 0) is 4.79 Å². The molecule has 2 aromatic rings. The molecule has 0 aliphatic carbocycles. The van der Waals surface area contributed by atoms with Gasteiger partial charge in [0.15, 0.2) is 5.16 Å². The Morgan fingerprint density at radius 3 is 2.96 bits per heavy atom. The van der Waals surface area contributed by atoms with E-state index in [9.17, 15) is 9.59 Å². The Kier molecular flexibility index (Phi) is 6.42. The van der Waals surface area contributed by atoms with Gasteiger partial charge in [-0.15, -0.1) is 10.2 Å². The lowest BCUT2D eigenvalue weighted by Gasteiger charge is -2.07. The van der Waals surface area contributed by atoms with Crippen LogP contribution in [0, 0.1) is 0 Å². The Hall–Kier alpha value is -2.06. The van der Waals surface area contributed by atoms with Crippen molar-refractivity contribution < 1.29 is 9.59 Å². The lowest BCUT2D eigenvalue weighted by Crippen LogP contribution is -2.40. The van der Waals surface area contributed by atoms with E-state index in [1.54, 1.807) is 23.0 Å². The molecule has 0 aliphatic rings. The van der Waals surface area contributed by atoms with E-state index in [0.29, 0.717) is 16.7 Å². The number of amides is 3. The molecule has 3 amide bonds. The molecule has 0 radical (unpaired) electrons. The smallest absolute Gasteiger partial charge is 0.321 e. The van der Waals surface area contributed by atoms with Gasteiger partial charge < -0.3 is 5.32 Å². The highest BCUT2D eigenvalue weighted by Crippen LogP contribution is 2.21. The Bertz CT molecular complexity index is 691. The Morgan fingerprint density at radius 2 is 2.22 bits per heavy atom. The van der Waals surface area contributed by atoms with Gasteiger partial charge in [-0.3, -0.25) is 14.7 Å². The summed E-state index contributed by atoms with van der Waals surface area (Å²) < 4.78 is 1.72. The zero-order valence-electron chi connectivity index (χ0n) is 12.5. The third-order valence-electron chi connectivity index (χ3n) is 2.72. The molecule has 0 saturated heterocycles. The minimum absolute atomic E-state index is 0.0544. The standard InChI is InChI=1S/C14H16ClN5O2S/c1-2-6-16-13(22)18-12(21)8-23-14-19-17-9-20(14)11-5-3-4-10(15)7-11/h3-5,7,9H,2,6,8H2,1H3,(H2,16,18,21,22). The number of hydrogen-bond donors (Lipinski definition) is 2. The zero-order chi connectivity index (χ0) is 16.7.